The van der Waals surface area contributed by atoms with E-state index in [1.54, 1.807) is 24.3 Å². The van der Waals surface area contributed by atoms with Gasteiger partial charge < -0.3 is 10.1 Å². The molecule has 0 aliphatic rings. The molecule has 3 aromatic carbocycles. The molecule has 38 heavy (non-hydrogen) atoms. The highest BCUT2D eigenvalue weighted by Crippen LogP contribution is 2.30. The molecule has 196 valence electrons. The van der Waals surface area contributed by atoms with Gasteiger partial charge in [0.2, 0.25) is 11.8 Å². The quantitative estimate of drug-likeness (QED) is 0.335. The molecule has 0 aliphatic heterocycles. The summed E-state index contributed by atoms with van der Waals surface area (Å²) in [6.07, 6.45) is 0.701. The average molecular weight is 514 g/mol. The second-order valence-corrected chi connectivity index (χ2v) is 9.58. The van der Waals surface area contributed by atoms with E-state index in [0.29, 0.717) is 34.3 Å². The number of nitrogens with zero attached hydrogens (tertiary/aromatic N) is 4. The van der Waals surface area contributed by atoms with Gasteiger partial charge in [0.15, 0.2) is 0 Å². The SMILES string of the molecule is CCC(C)(C)NC(=O)[C@H](c1ccccc1)N(C(=O)Cn1nnc2ccccc21)c1ccc(C(=O)OC)cc1. The standard InChI is InChI=1S/C29H31N5O4/c1-5-29(2,3)30-27(36)26(20-11-7-6-8-12-20)34(22-17-15-21(16-18-22)28(37)38-4)25(35)19-33-24-14-10-9-13-23(24)31-32-33/h6-18,26H,5,19H2,1-4H3,(H,30,36)/t26-/m0/s1. The second kappa shape index (κ2) is 11.2. The van der Waals surface area contributed by atoms with E-state index in [-0.39, 0.29) is 18.4 Å². The first-order valence-electron chi connectivity index (χ1n) is 12.4. The summed E-state index contributed by atoms with van der Waals surface area (Å²) in [6.45, 7) is 5.72. The molecule has 1 heterocycles. The summed E-state index contributed by atoms with van der Waals surface area (Å²) in [7, 11) is 1.31. The first kappa shape index (κ1) is 26.5. The van der Waals surface area contributed by atoms with Gasteiger partial charge in [-0.3, -0.25) is 14.5 Å². The highest BCUT2D eigenvalue weighted by molar-refractivity contribution is 6.02. The lowest BCUT2D eigenvalue weighted by atomic mass is 9.98. The number of para-hydroxylation sites is 1. The number of aromatic nitrogens is 3. The summed E-state index contributed by atoms with van der Waals surface area (Å²) in [5, 5.41) is 11.4. The van der Waals surface area contributed by atoms with Crippen molar-refractivity contribution >= 4 is 34.5 Å². The van der Waals surface area contributed by atoms with E-state index in [2.05, 4.69) is 15.6 Å². The van der Waals surface area contributed by atoms with Crippen molar-refractivity contribution in [3.8, 4) is 0 Å². The molecule has 1 N–H and O–H groups in total. The van der Waals surface area contributed by atoms with Crippen molar-refractivity contribution in [3.05, 3.63) is 90.0 Å². The Hall–Kier alpha value is -4.53. The Bertz CT molecular complexity index is 1430. The maximum absolute atomic E-state index is 14.0. The summed E-state index contributed by atoms with van der Waals surface area (Å²) >= 11 is 0. The zero-order chi connectivity index (χ0) is 27.3. The lowest BCUT2D eigenvalue weighted by molar-refractivity contribution is -0.128. The molecule has 4 aromatic rings. The second-order valence-electron chi connectivity index (χ2n) is 9.58. The molecule has 2 amide bonds. The van der Waals surface area contributed by atoms with Crippen molar-refractivity contribution in [2.75, 3.05) is 12.0 Å². The smallest absolute Gasteiger partial charge is 0.337 e. The number of benzene rings is 3. The molecule has 0 saturated carbocycles. The average Bonchev–Trinajstić information content (AvgIpc) is 3.34. The van der Waals surface area contributed by atoms with Gasteiger partial charge in [-0.2, -0.15) is 0 Å². The molecule has 0 spiro atoms. The number of carbonyl (C=O) groups excluding carboxylic acids is 3. The van der Waals surface area contributed by atoms with Crippen LogP contribution in [-0.4, -0.2) is 45.4 Å². The number of hydrogen-bond acceptors (Lipinski definition) is 6. The van der Waals surface area contributed by atoms with Gasteiger partial charge in [-0.05, 0) is 62.2 Å². The number of methoxy groups -OCH3 is 1. The summed E-state index contributed by atoms with van der Waals surface area (Å²) in [5.41, 5.74) is 2.30. The van der Waals surface area contributed by atoms with Gasteiger partial charge in [-0.15, -0.1) is 5.10 Å². The fourth-order valence-corrected chi connectivity index (χ4v) is 4.09. The van der Waals surface area contributed by atoms with Gasteiger partial charge in [0.25, 0.3) is 0 Å². The molecular weight excluding hydrogens is 482 g/mol. The number of carbonyl (C=O) groups is 3. The van der Waals surface area contributed by atoms with Gasteiger partial charge in [0.1, 0.15) is 18.1 Å². The van der Waals surface area contributed by atoms with Crippen LogP contribution in [0, 0.1) is 0 Å². The van der Waals surface area contributed by atoms with E-state index < -0.39 is 17.6 Å². The molecular formula is C29H31N5O4. The lowest BCUT2D eigenvalue weighted by Crippen LogP contribution is -2.51. The molecule has 0 radical (unpaired) electrons. The van der Waals surface area contributed by atoms with Gasteiger partial charge in [0, 0.05) is 11.2 Å². The van der Waals surface area contributed by atoms with Crippen LogP contribution in [0.25, 0.3) is 11.0 Å². The third kappa shape index (κ3) is 5.72. The fourth-order valence-electron chi connectivity index (χ4n) is 4.09. The van der Waals surface area contributed by atoms with E-state index in [0.717, 1.165) is 0 Å². The number of esters is 1. The van der Waals surface area contributed by atoms with Gasteiger partial charge in [0.05, 0.1) is 18.2 Å². The van der Waals surface area contributed by atoms with Crippen molar-refractivity contribution in [2.24, 2.45) is 0 Å². The van der Waals surface area contributed by atoms with Gasteiger partial charge in [-0.25, -0.2) is 9.48 Å². The maximum atomic E-state index is 14.0. The molecule has 4 rings (SSSR count). The lowest BCUT2D eigenvalue weighted by Gasteiger charge is -2.34. The predicted molar refractivity (Wildman–Crippen MR) is 144 cm³/mol. The van der Waals surface area contributed by atoms with Crippen LogP contribution >= 0.6 is 0 Å². The summed E-state index contributed by atoms with van der Waals surface area (Å²) in [6, 6.07) is 21.9. The van der Waals surface area contributed by atoms with Crippen LogP contribution < -0.4 is 10.2 Å². The molecule has 0 unspecified atom stereocenters. The first-order chi connectivity index (χ1) is 18.2. The van der Waals surface area contributed by atoms with Crippen molar-refractivity contribution in [3.63, 3.8) is 0 Å². The molecule has 9 heteroatoms. The van der Waals surface area contributed by atoms with Gasteiger partial charge >= 0.3 is 5.97 Å². The largest absolute Gasteiger partial charge is 0.465 e. The van der Waals surface area contributed by atoms with Crippen LogP contribution in [0.3, 0.4) is 0 Å². The zero-order valence-electron chi connectivity index (χ0n) is 21.9. The number of amides is 2. The number of nitrogens with one attached hydrogen (secondary N) is 1. The van der Waals surface area contributed by atoms with E-state index in [1.807, 2.05) is 75.4 Å². The molecule has 0 bridgehead atoms. The maximum Gasteiger partial charge on any atom is 0.337 e. The van der Waals surface area contributed by atoms with Crippen LogP contribution in [0.1, 0.15) is 49.2 Å². The Kier molecular flexibility index (Phi) is 7.85. The predicted octanol–water partition coefficient (Wildman–Crippen LogP) is 4.30. The van der Waals surface area contributed by atoms with Crippen molar-refractivity contribution in [1.29, 1.82) is 0 Å². The van der Waals surface area contributed by atoms with Gasteiger partial charge in [-0.1, -0.05) is 54.6 Å². The Balaban J connectivity index is 1.81. The highest BCUT2D eigenvalue weighted by Gasteiger charge is 2.35. The van der Waals surface area contributed by atoms with Crippen LogP contribution in [0.5, 0.6) is 0 Å². The highest BCUT2D eigenvalue weighted by atomic mass is 16.5. The molecule has 0 fully saturated rings. The van der Waals surface area contributed by atoms with Crippen LogP contribution in [0.4, 0.5) is 5.69 Å². The first-order valence-corrected chi connectivity index (χ1v) is 12.4. The number of ether oxygens (including phenoxy) is 1. The van der Waals surface area contributed by atoms with E-state index in [9.17, 15) is 14.4 Å². The number of anilines is 1. The third-order valence-electron chi connectivity index (χ3n) is 6.51. The molecule has 9 nitrogen and oxygen atoms in total. The number of hydrogen-bond donors (Lipinski definition) is 1. The molecule has 1 atom stereocenters. The number of fused-ring (bicyclic) bond motifs is 1. The molecule has 0 aliphatic carbocycles. The minimum absolute atomic E-state index is 0.146. The topological polar surface area (TPSA) is 106 Å². The monoisotopic (exact) mass is 513 g/mol. The Morgan fingerprint density at radius 2 is 1.63 bits per heavy atom. The molecule has 1 aromatic heterocycles. The Labute approximate surface area is 221 Å². The van der Waals surface area contributed by atoms with Crippen LogP contribution in [0.15, 0.2) is 78.9 Å². The van der Waals surface area contributed by atoms with Crippen LogP contribution in [-0.2, 0) is 20.9 Å². The van der Waals surface area contributed by atoms with E-state index in [1.165, 1.54) is 16.7 Å². The normalized spacial score (nSPS) is 12.1. The van der Waals surface area contributed by atoms with Crippen LogP contribution in [0.2, 0.25) is 0 Å². The van der Waals surface area contributed by atoms with Crippen molar-refractivity contribution < 1.29 is 19.1 Å². The van der Waals surface area contributed by atoms with Crippen molar-refractivity contribution in [1.82, 2.24) is 20.3 Å². The van der Waals surface area contributed by atoms with E-state index in [4.69, 9.17) is 4.74 Å². The van der Waals surface area contributed by atoms with E-state index >= 15 is 0 Å². The summed E-state index contributed by atoms with van der Waals surface area (Å²) < 4.78 is 6.33. The minimum Gasteiger partial charge on any atom is -0.465 e. The molecule has 0 saturated heterocycles. The zero-order valence-corrected chi connectivity index (χ0v) is 21.9. The Morgan fingerprint density at radius 3 is 2.29 bits per heavy atom. The Morgan fingerprint density at radius 1 is 0.974 bits per heavy atom. The number of rotatable bonds is 9. The van der Waals surface area contributed by atoms with Crippen molar-refractivity contribution in [2.45, 2.75) is 45.3 Å². The summed E-state index contributed by atoms with van der Waals surface area (Å²) in [5.74, 6) is -1.19. The fraction of sp³-hybridized carbons (Fsp3) is 0.276. The minimum atomic E-state index is -0.978. The third-order valence-corrected chi connectivity index (χ3v) is 6.51. The summed E-state index contributed by atoms with van der Waals surface area (Å²) in [4.78, 5) is 41.4.